The molecule has 0 aliphatic carbocycles. The minimum atomic E-state index is -0.575. The molecule has 0 fully saturated rings. The topological polar surface area (TPSA) is 89.5 Å². The number of hydrogen-bond acceptors (Lipinski definition) is 5. The van der Waals surface area contributed by atoms with E-state index >= 15 is 0 Å². The van der Waals surface area contributed by atoms with Crippen LogP contribution in [-0.4, -0.2) is 21.9 Å². The number of nitrogens with zero attached hydrogens (tertiary/aromatic N) is 3. The largest absolute Gasteiger partial charge is 0.455 e. The molecule has 0 bridgehead atoms. The highest BCUT2D eigenvalue weighted by atomic mass is 19.1. The highest BCUT2D eigenvalue weighted by Gasteiger charge is 2.15. The second kappa shape index (κ2) is 7.51. The van der Waals surface area contributed by atoms with Gasteiger partial charge in [0.2, 0.25) is 0 Å². The van der Waals surface area contributed by atoms with Crippen LogP contribution in [0.15, 0.2) is 75.0 Å². The van der Waals surface area contributed by atoms with Crippen molar-refractivity contribution < 1.29 is 13.6 Å². The fraction of sp³-hybridized carbons (Fsp3) is 0.0476. The zero-order valence-corrected chi connectivity index (χ0v) is 15.3. The van der Waals surface area contributed by atoms with E-state index in [0.717, 1.165) is 4.68 Å². The van der Waals surface area contributed by atoms with Crippen LogP contribution in [0.5, 0.6) is 0 Å². The standard InChI is InChI=1S/C21H15FN4O3/c1-26-21(28)15-7-3-2-6-14(15)19(25-26)20(27)24-23-12-13-10-11-18(29-13)16-8-4-5-9-17(16)22/h2-12H,1H3,(H,24,27)/b23-12-. The van der Waals surface area contributed by atoms with Crippen molar-refractivity contribution in [3.8, 4) is 11.3 Å². The molecular weight excluding hydrogens is 375 g/mol. The second-order valence-corrected chi connectivity index (χ2v) is 6.20. The summed E-state index contributed by atoms with van der Waals surface area (Å²) < 4.78 is 20.5. The number of halogens is 1. The monoisotopic (exact) mass is 390 g/mol. The molecule has 0 saturated heterocycles. The zero-order valence-electron chi connectivity index (χ0n) is 15.3. The Balaban J connectivity index is 1.55. The van der Waals surface area contributed by atoms with E-state index in [4.69, 9.17) is 4.42 Å². The summed E-state index contributed by atoms with van der Waals surface area (Å²) in [5.74, 6) is -0.288. The molecule has 2 aromatic heterocycles. The Hall–Kier alpha value is -4.07. The lowest BCUT2D eigenvalue weighted by molar-refractivity contribution is 0.0950. The second-order valence-electron chi connectivity index (χ2n) is 6.20. The van der Waals surface area contributed by atoms with Gasteiger partial charge in [0.05, 0.1) is 17.2 Å². The number of amides is 1. The molecule has 0 aliphatic heterocycles. The first kappa shape index (κ1) is 18.3. The van der Waals surface area contributed by atoms with Crippen molar-refractivity contribution in [2.24, 2.45) is 12.1 Å². The highest BCUT2D eigenvalue weighted by molar-refractivity contribution is 6.04. The van der Waals surface area contributed by atoms with Crippen LogP contribution >= 0.6 is 0 Å². The number of nitrogens with one attached hydrogen (secondary N) is 1. The number of carbonyl (C=O) groups is 1. The number of carbonyl (C=O) groups excluding carboxylic acids is 1. The molecule has 2 heterocycles. The summed E-state index contributed by atoms with van der Waals surface area (Å²) >= 11 is 0. The third-order valence-corrected chi connectivity index (χ3v) is 4.30. The summed E-state index contributed by atoms with van der Waals surface area (Å²) in [7, 11) is 1.47. The third kappa shape index (κ3) is 3.55. The van der Waals surface area contributed by atoms with E-state index in [9.17, 15) is 14.0 Å². The van der Waals surface area contributed by atoms with Crippen LogP contribution in [-0.2, 0) is 7.05 Å². The molecule has 1 amide bonds. The molecule has 2 aromatic carbocycles. The van der Waals surface area contributed by atoms with Gasteiger partial charge < -0.3 is 4.42 Å². The lowest BCUT2D eigenvalue weighted by Gasteiger charge is -2.06. The van der Waals surface area contributed by atoms with Gasteiger partial charge in [0, 0.05) is 12.4 Å². The summed E-state index contributed by atoms with van der Waals surface area (Å²) in [6.07, 6.45) is 1.30. The molecule has 0 radical (unpaired) electrons. The lowest BCUT2D eigenvalue weighted by atomic mass is 10.1. The quantitative estimate of drug-likeness (QED) is 0.428. The number of hydrazone groups is 1. The molecule has 29 heavy (non-hydrogen) atoms. The Morgan fingerprint density at radius 3 is 2.62 bits per heavy atom. The van der Waals surface area contributed by atoms with Gasteiger partial charge in [-0.05, 0) is 30.3 Å². The number of aryl methyl sites for hydroxylation is 1. The summed E-state index contributed by atoms with van der Waals surface area (Å²) in [4.78, 5) is 24.6. The van der Waals surface area contributed by atoms with Crippen LogP contribution in [0.2, 0.25) is 0 Å². The smallest absolute Gasteiger partial charge is 0.292 e. The fourth-order valence-corrected chi connectivity index (χ4v) is 2.90. The summed E-state index contributed by atoms with van der Waals surface area (Å²) in [6.45, 7) is 0. The minimum absolute atomic E-state index is 0.0753. The van der Waals surface area contributed by atoms with Crippen LogP contribution in [0.4, 0.5) is 4.39 Å². The van der Waals surface area contributed by atoms with Gasteiger partial charge in [0.15, 0.2) is 5.69 Å². The van der Waals surface area contributed by atoms with E-state index < -0.39 is 11.7 Å². The molecule has 0 saturated carbocycles. The van der Waals surface area contributed by atoms with Crippen molar-refractivity contribution in [2.75, 3.05) is 0 Å². The number of aromatic nitrogens is 2. The van der Waals surface area contributed by atoms with E-state index in [2.05, 4.69) is 15.6 Å². The molecule has 1 N–H and O–H groups in total. The van der Waals surface area contributed by atoms with Gasteiger partial charge >= 0.3 is 0 Å². The number of benzene rings is 2. The van der Waals surface area contributed by atoms with E-state index in [1.165, 1.54) is 19.3 Å². The molecule has 0 unspecified atom stereocenters. The van der Waals surface area contributed by atoms with Crippen molar-refractivity contribution in [1.82, 2.24) is 15.2 Å². The first-order valence-corrected chi connectivity index (χ1v) is 8.69. The molecule has 144 valence electrons. The van der Waals surface area contributed by atoms with Gasteiger partial charge in [-0.25, -0.2) is 14.5 Å². The Kier molecular flexibility index (Phi) is 4.74. The molecule has 4 aromatic rings. The van der Waals surface area contributed by atoms with Crippen LogP contribution < -0.4 is 11.0 Å². The molecule has 0 atom stereocenters. The molecule has 4 rings (SSSR count). The first-order chi connectivity index (χ1) is 14.0. The number of rotatable bonds is 4. The van der Waals surface area contributed by atoms with Crippen LogP contribution in [0, 0.1) is 5.82 Å². The average molecular weight is 390 g/mol. The average Bonchev–Trinajstić information content (AvgIpc) is 3.19. The maximum Gasteiger partial charge on any atom is 0.292 e. The highest BCUT2D eigenvalue weighted by Crippen LogP contribution is 2.24. The number of furan rings is 1. The molecule has 8 heteroatoms. The molecule has 7 nitrogen and oxygen atoms in total. The van der Waals surface area contributed by atoms with E-state index in [1.807, 2.05) is 0 Å². The molecule has 0 spiro atoms. The third-order valence-electron chi connectivity index (χ3n) is 4.30. The summed E-state index contributed by atoms with van der Waals surface area (Å²) in [6, 6.07) is 16.2. The van der Waals surface area contributed by atoms with E-state index in [0.29, 0.717) is 27.9 Å². The maximum atomic E-state index is 13.8. The Morgan fingerprint density at radius 1 is 1.10 bits per heavy atom. The Bertz CT molecular complexity index is 1310. The Morgan fingerprint density at radius 2 is 1.83 bits per heavy atom. The zero-order chi connectivity index (χ0) is 20.4. The van der Waals surface area contributed by atoms with Crippen molar-refractivity contribution in [3.05, 3.63) is 88.3 Å². The van der Waals surface area contributed by atoms with Crippen molar-refractivity contribution >= 4 is 22.9 Å². The predicted molar refractivity (Wildman–Crippen MR) is 106 cm³/mol. The van der Waals surface area contributed by atoms with Gasteiger partial charge in [0.1, 0.15) is 17.3 Å². The minimum Gasteiger partial charge on any atom is -0.455 e. The molecular formula is C21H15FN4O3. The van der Waals surface area contributed by atoms with Crippen LogP contribution in [0.25, 0.3) is 22.1 Å². The predicted octanol–water partition coefficient (Wildman–Crippen LogP) is 3.10. The van der Waals surface area contributed by atoms with Gasteiger partial charge in [-0.3, -0.25) is 9.59 Å². The van der Waals surface area contributed by atoms with Gasteiger partial charge in [-0.15, -0.1) is 0 Å². The van der Waals surface area contributed by atoms with Crippen LogP contribution in [0.3, 0.4) is 0 Å². The van der Waals surface area contributed by atoms with Gasteiger partial charge in [-0.2, -0.15) is 10.2 Å². The fourth-order valence-electron chi connectivity index (χ4n) is 2.90. The van der Waals surface area contributed by atoms with Gasteiger partial charge in [-0.1, -0.05) is 30.3 Å². The summed E-state index contributed by atoms with van der Waals surface area (Å²) in [5.41, 5.74) is 2.48. The SMILES string of the molecule is Cn1nc(C(=O)N/N=C\c2ccc(-c3ccccc3F)o2)c2ccccc2c1=O. The lowest BCUT2D eigenvalue weighted by Crippen LogP contribution is -2.27. The summed E-state index contributed by atoms with van der Waals surface area (Å²) in [5, 5.41) is 8.72. The first-order valence-electron chi connectivity index (χ1n) is 8.69. The van der Waals surface area contributed by atoms with Gasteiger partial charge in [0.25, 0.3) is 11.5 Å². The van der Waals surface area contributed by atoms with E-state index in [-0.39, 0.29) is 11.3 Å². The van der Waals surface area contributed by atoms with Crippen molar-refractivity contribution in [2.45, 2.75) is 0 Å². The van der Waals surface area contributed by atoms with E-state index in [1.54, 1.807) is 54.6 Å². The normalized spacial score (nSPS) is 11.2. The molecule has 0 aliphatic rings. The van der Waals surface area contributed by atoms with Crippen LogP contribution in [0.1, 0.15) is 16.2 Å². The van der Waals surface area contributed by atoms with Crippen molar-refractivity contribution in [1.29, 1.82) is 0 Å². The number of hydrogen-bond donors (Lipinski definition) is 1. The maximum absolute atomic E-state index is 13.8. The number of fused-ring (bicyclic) bond motifs is 1. The Labute approximate surface area is 164 Å². The van der Waals surface area contributed by atoms with Crippen molar-refractivity contribution in [3.63, 3.8) is 0 Å².